The third kappa shape index (κ3) is 3.71. The molecule has 4 rings (SSSR count). The van der Waals surface area contributed by atoms with Crippen LogP contribution in [0.2, 0.25) is 0 Å². The van der Waals surface area contributed by atoms with Gasteiger partial charge in [-0.3, -0.25) is 15.0 Å². The van der Waals surface area contributed by atoms with Crippen LogP contribution >= 0.6 is 0 Å². The van der Waals surface area contributed by atoms with Gasteiger partial charge in [-0.05, 0) is 17.7 Å². The number of nitro groups is 1. The largest absolute Gasteiger partial charge is 0.338 e. The second-order valence-electron chi connectivity index (χ2n) is 6.69. The van der Waals surface area contributed by atoms with Gasteiger partial charge in [-0.15, -0.1) is 0 Å². The van der Waals surface area contributed by atoms with Gasteiger partial charge in [0.25, 0.3) is 5.69 Å². The maximum atomic E-state index is 10.7. The summed E-state index contributed by atoms with van der Waals surface area (Å²) in [7, 11) is 0. The maximum Gasteiger partial charge on any atom is 0.269 e. The first-order chi connectivity index (χ1) is 13.1. The van der Waals surface area contributed by atoms with Crippen LogP contribution in [0.4, 0.5) is 5.69 Å². The molecule has 2 aromatic carbocycles. The minimum absolute atomic E-state index is 0.0282. The Balaban J connectivity index is 1.43. The number of nitro benzene ring substituents is 1. The highest BCUT2D eigenvalue weighted by molar-refractivity contribution is 5.56. The minimum Gasteiger partial charge on any atom is -0.338 e. The van der Waals surface area contributed by atoms with Crippen LogP contribution in [0.1, 0.15) is 17.4 Å². The zero-order chi connectivity index (χ0) is 18.8. The van der Waals surface area contributed by atoms with Gasteiger partial charge in [0, 0.05) is 42.7 Å². The average Bonchev–Trinajstić information content (AvgIpc) is 3.29. The summed E-state index contributed by atoms with van der Waals surface area (Å²) in [6.07, 6.45) is 0. The van der Waals surface area contributed by atoms with Gasteiger partial charge in [0.05, 0.1) is 11.5 Å². The molecule has 1 aliphatic rings. The molecule has 1 aliphatic heterocycles. The molecule has 3 aromatic rings. The third-order valence-electron chi connectivity index (χ3n) is 4.83. The highest BCUT2D eigenvalue weighted by atomic mass is 16.6. The van der Waals surface area contributed by atoms with Crippen LogP contribution < -0.4 is 5.73 Å². The predicted octanol–water partition coefficient (Wildman–Crippen LogP) is 2.57. The van der Waals surface area contributed by atoms with Crippen molar-refractivity contribution in [2.24, 2.45) is 5.73 Å². The van der Waals surface area contributed by atoms with Gasteiger partial charge in [-0.1, -0.05) is 35.5 Å². The highest BCUT2D eigenvalue weighted by Gasteiger charge is 2.32. The van der Waals surface area contributed by atoms with Gasteiger partial charge in [-0.2, -0.15) is 4.98 Å². The summed E-state index contributed by atoms with van der Waals surface area (Å²) in [5.74, 6) is 1.20. The first-order valence-corrected chi connectivity index (χ1v) is 8.70. The Bertz CT molecular complexity index is 926. The van der Waals surface area contributed by atoms with Crippen LogP contribution in [0.15, 0.2) is 59.1 Å². The van der Waals surface area contributed by atoms with E-state index in [0.29, 0.717) is 23.8 Å². The van der Waals surface area contributed by atoms with Crippen molar-refractivity contribution in [3.8, 4) is 11.4 Å². The second-order valence-corrected chi connectivity index (χ2v) is 6.69. The summed E-state index contributed by atoms with van der Waals surface area (Å²) in [6.45, 7) is 2.12. The molecule has 0 bridgehead atoms. The fraction of sp³-hybridized carbons (Fsp3) is 0.263. The summed E-state index contributed by atoms with van der Waals surface area (Å²) in [4.78, 5) is 16.9. The van der Waals surface area contributed by atoms with Crippen LogP contribution in [0.3, 0.4) is 0 Å². The van der Waals surface area contributed by atoms with Crippen LogP contribution in [0.25, 0.3) is 11.4 Å². The van der Waals surface area contributed by atoms with Gasteiger partial charge >= 0.3 is 0 Å². The lowest BCUT2D eigenvalue weighted by Crippen LogP contribution is -2.28. The lowest BCUT2D eigenvalue weighted by molar-refractivity contribution is -0.384. The molecular weight excluding hydrogens is 346 g/mol. The number of aromatic nitrogens is 2. The maximum absolute atomic E-state index is 10.7. The van der Waals surface area contributed by atoms with Crippen LogP contribution in [0.5, 0.6) is 0 Å². The standard InChI is InChI=1S/C19H19N5O3/c20-17-11-23(10-16(17)13-4-2-1-3-5-13)12-18-21-19(22-27-18)14-6-8-15(9-7-14)24(25)26/h1-9,16-17H,10-12,20H2/t16-,17+/m0/s1. The van der Waals surface area contributed by atoms with E-state index in [9.17, 15) is 10.1 Å². The van der Waals surface area contributed by atoms with Crippen molar-refractivity contribution in [3.05, 3.63) is 76.2 Å². The van der Waals surface area contributed by atoms with E-state index in [-0.39, 0.29) is 17.6 Å². The summed E-state index contributed by atoms with van der Waals surface area (Å²) < 4.78 is 5.36. The lowest BCUT2D eigenvalue weighted by atomic mass is 9.95. The smallest absolute Gasteiger partial charge is 0.269 e. The summed E-state index contributed by atoms with van der Waals surface area (Å²) >= 11 is 0. The molecule has 138 valence electrons. The second kappa shape index (κ2) is 7.26. The normalized spacial score (nSPS) is 20.0. The number of likely N-dealkylation sites (tertiary alicyclic amines) is 1. The van der Waals surface area contributed by atoms with Gasteiger partial charge in [0.1, 0.15) is 0 Å². The quantitative estimate of drug-likeness (QED) is 0.546. The molecule has 0 radical (unpaired) electrons. The van der Waals surface area contributed by atoms with Crippen LogP contribution in [0, 0.1) is 10.1 Å². The number of non-ortho nitro benzene ring substituents is 1. The number of nitrogens with zero attached hydrogens (tertiary/aromatic N) is 4. The summed E-state index contributed by atoms with van der Waals surface area (Å²) in [5, 5.41) is 14.7. The molecule has 0 aliphatic carbocycles. The van der Waals surface area contributed by atoms with Crippen molar-refractivity contribution < 1.29 is 9.45 Å². The van der Waals surface area contributed by atoms with Crippen molar-refractivity contribution in [2.45, 2.75) is 18.5 Å². The first kappa shape index (κ1) is 17.3. The van der Waals surface area contributed by atoms with E-state index in [0.717, 1.165) is 13.1 Å². The number of hydrogen-bond acceptors (Lipinski definition) is 7. The Morgan fingerprint density at radius 1 is 1.15 bits per heavy atom. The molecule has 0 spiro atoms. The molecule has 1 fully saturated rings. The molecular formula is C19H19N5O3. The number of rotatable bonds is 5. The van der Waals surface area contributed by atoms with Gasteiger partial charge < -0.3 is 10.3 Å². The zero-order valence-corrected chi connectivity index (χ0v) is 14.6. The van der Waals surface area contributed by atoms with Crippen molar-refractivity contribution in [1.82, 2.24) is 15.0 Å². The van der Waals surface area contributed by atoms with Crippen LogP contribution in [-0.4, -0.2) is 39.1 Å². The molecule has 1 saturated heterocycles. The van der Waals surface area contributed by atoms with Gasteiger partial charge in [-0.25, -0.2) is 0 Å². The Morgan fingerprint density at radius 3 is 2.59 bits per heavy atom. The number of hydrogen-bond donors (Lipinski definition) is 1. The van der Waals surface area contributed by atoms with E-state index in [4.69, 9.17) is 10.3 Å². The molecule has 0 unspecified atom stereocenters. The van der Waals surface area contributed by atoms with Crippen molar-refractivity contribution in [3.63, 3.8) is 0 Å². The predicted molar refractivity (Wildman–Crippen MR) is 98.8 cm³/mol. The van der Waals surface area contributed by atoms with E-state index in [1.54, 1.807) is 12.1 Å². The van der Waals surface area contributed by atoms with E-state index in [1.165, 1.54) is 17.7 Å². The average molecular weight is 365 g/mol. The molecule has 8 nitrogen and oxygen atoms in total. The SMILES string of the molecule is N[C@@H]1CN(Cc2nc(-c3ccc([N+](=O)[O-])cc3)no2)C[C@H]1c1ccccc1. The lowest BCUT2D eigenvalue weighted by Gasteiger charge is -2.14. The van der Waals surface area contributed by atoms with Crippen molar-refractivity contribution in [2.75, 3.05) is 13.1 Å². The Kier molecular flexibility index (Phi) is 4.66. The summed E-state index contributed by atoms with van der Waals surface area (Å²) in [6, 6.07) is 16.4. The molecule has 0 amide bonds. The van der Waals surface area contributed by atoms with E-state index >= 15 is 0 Å². The van der Waals surface area contributed by atoms with Crippen molar-refractivity contribution >= 4 is 5.69 Å². The molecule has 1 aromatic heterocycles. The molecule has 2 atom stereocenters. The third-order valence-corrected chi connectivity index (χ3v) is 4.83. The Labute approximate surface area is 155 Å². The summed E-state index contributed by atoms with van der Waals surface area (Å²) in [5.41, 5.74) is 8.27. The Morgan fingerprint density at radius 2 is 1.89 bits per heavy atom. The highest BCUT2D eigenvalue weighted by Crippen LogP contribution is 2.27. The zero-order valence-electron chi connectivity index (χ0n) is 14.6. The van der Waals surface area contributed by atoms with Gasteiger partial charge in [0.15, 0.2) is 0 Å². The molecule has 27 heavy (non-hydrogen) atoms. The van der Waals surface area contributed by atoms with E-state index in [2.05, 4.69) is 27.2 Å². The fourth-order valence-electron chi connectivity index (χ4n) is 3.46. The minimum atomic E-state index is -0.439. The van der Waals surface area contributed by atoms with E-state index < -0.39 is 4.92 Å². The topological polar surface area (TPSA) is 111 Å². The van der Waals surface area contributed by atoms with E-state index in [1.807, 2.05) is 18.2 Å². The number of benzene rings is 2. The number of nitrogens with two attached hydrogens (primary N) is 1. The van der Waals surface area contributed by atoms with Crippen molar-refractivity contribution in [1.29, 1.82) is 0 Å². The van der Waals surface area contributed by atoms with Gasteiger partial charge in [0.2, 0.25) is 11.7 Å². The molecule has 2 N–H and O–H groups in total. The van der Waals surface area contributed by atoms with Crippen LogP contribution in [-0.2, 0) is 6.54 Å². The molecule has 8 heteroatoms. The first-order valence-electron chi connectivity index (χ1n) is 8.70. The fourth-order valence-corrected chi connectivity index (χ4v) is 3.46. The molecule has 2 heterocycles. The molecule has 0 saturated carbocycles. The monoisotopic (exact) mass is 365 g/mol. The Hall–Kier alpha value is -3.10.